The number of phosphoric acid groups is 1. The molecule has 0 radical (unpaired) electrons. The van der Waals surface area contributed by atoms with Crippen molar-refractivity contribution in [1.82, 2.24) is 0 Å². The molecule has 0 unspecified atom stereocenters. The second-order valence-electron chi connectivity index (χ2n) is 11.8. The van der Waals surface area contributed by atoms with Crippen molar-refractivity contribution in [3.05, 3.63) is 0 Å². The summed E-state index contributed by atoms with van der Waals surface area (Å²) in [5, 5.41) is 17.3. The van der Waals surface area contributed by atoms with E-state index in [1.54, 1.807) is 0 Å². The van der Waals surface area contributed by atoms with E-state index in [1.165, 1.54) is 180 Å². The topological polar surface area (TPSA) is 127 Å². The van der Waals surface area contributed by atoms with Crippen LogP contribution < -0.4 is 103 Å². The summed E-state index contributed by atoms with van der Waals surface area (Å²) in [6, 6.07) is 0. The molecule has 0 atom stereocenters. The van der Waals surface area contributed by atoms with Gasteiger partial charge in [0.15, 0.2) is 0 Å². The normalized spacial score (nSPS) is 10.3. The molecule has 0 aliphatic heterocycles. The van der Waals surface area contributed by atoms with Crippen LogP contribution in [0.25, 0.3) is 0 Å². The maximum absolute atomic E-state index is 8.67. The Kier molecular flexibility index (Phi) is 74.6. The molecule has 0 aliphatic carbocycles. The Morgan fingerprint density at radius 3 is 0.568 bits per heavy atom. The van der Waals surface area contributed by atoms with Crippen LogP contribution in [0.1, 0.15) is 206 Å². The molecule has 0 spiro atoms. The summed E-state index contributed by atoms with van der Waals surface area (Å²) in [4.78, 5) is 25.6. The molecular weight excluding hydrogens is 604 g/mol. The zero-order chi connectivity index (χ0) is 31.1. The van der Waals surface area contributed by atoms with E-state index in [1.807, 2.05) is 0 Å². The summed E-state index contributed by atoms with van der Waals surface area (Å²) in [7, 11) is -5.39. The van der Waals surface area contributed by atoms with Crippen molar-refractivity contribution < 1.29 is 118 Å². The third kappa shape index (κ3) is 80.0. The predicted molar refractivity (Wildman–Crippen MR) is 172 cm³/mol. The van der Waals surface area contributed by atoms with Gasteiger partial charge in [-0.15, -0.1) is 0 Å². The van der Waals surface area contributed by atoms with Crippen molar-refractivity contribution in [2.45, 2.75) is 206 Å². The number of rotatable bonds is 30. The first-order chi connectivity index (χ1) is 19.8. The molecule has 0 aliphatic rings. The van der Waals surface area contributed by atoms with Gasteiger partial charge in [0, 0.05) is 13.2 Å². The number of unbranched alkanes of at least 4 members (excludes halogenated alkanes) is 28. The van der Waals surface area contributed by atoms with E-state index in [9.17, 15) is 0 Å². The van der Waals surface area contributed by atoms with E-state index < -0.39 is 7.82 Å². The SMILES string of the molecule is CCCCCCCCCCCCCCCCCCO.CCCCCCCCCCCCCCCCO.O=P([O-])([O-])[O-].[Na+].[Na+].[Na+]. The van der Waals surface area contributed by atoms with E-state index in [4.69, 9.17) is 29.5 Å². The van der Waals surface area contributed by atoms with Crippen molar-refractivity contribution in [3.63, 3.8) is 0 Å². The van der Waals surface area contributed by atoms with Gasteiger partial charge >= 0.3 is 88.7 Å². The van der Waals surface area contributed by atoms with E-state index in [2.05, 4.69) is 13.8 Å². The standard InChI is InChI=1S/C18H38O.C16H34O.3Na.H3O4P/c1-2-3-4-5-6-7-8-9-10-11-12-13-14-15-16-17-18-19;1-2-3-4-5-6-7-8-9-10-11-12-13-14-15-16-17;;;;1-5(2,3)4/h19H,2-18H2,1H3;17H,2-16H2,1H3;;;;(H3,1,2,3,4)/q;;3*+1;/p-3. The number of aliphatic hydroxyl groups excluding tert-OH is 2. The molecule has 0 bridgehead atoms. The summed E-state index contributed by atoms with van der Waals surface area (Å²) in [5.74, 6) is 0. The van der Waals surface area contributed by atoms with E-state index in [0.717, 1.165) is 12.8 Å². The van der Waals surface area contributed by atoms with E-state index >= 15 is 0 Å². The monoisotopic (exact) mass is 676 g/mol. The van der Waals surface area contributed by atoms with E-state index in [0.29, 0.717) is 13.2 Å². The largest absolute Gasteiger partial charge is 1.00 e. The maximum Gasteiger partial charge on any atom is 1.00 e. The van der Waals surface area contributed by atoms with Gasteiger partial charge in [-0.05, 0) is 12.8 Å². The Balaban J connectivity index is -0.000000134. The van der Waals surface area contributed by atoms with Crippen LogP contribution in [-0.2, 0) is 4.57 Å². The smallest absolute Gasteiger partial charge is 0.822 e. The molecule has 0 amide bonds. The fourth-order valence-corrected chi connectivity index (χ4v) is 4.97. The van der Waals surface area contributed by atoms with Gasteiger partial charge in [0.2, 0.25) is 0 Å². The molecule has 0 heterocycles. The Hall–Kier alpha value is 3.03. The van der Waals surface area contributed by atoms with Gasteiger partial charge < -0.3 is 29.5 Å². The second kappa shape index (κ2) is 55.4. The first kappa shape index (κ1) is 59.2. The molecule has 10 heteroatoms. The van der Waals surface area contributed by atoms with Crippen LogP contribution in [-0.4, -0.2) is 23.4 Å². The van der Waals surface area contributed by atoms with Crippen LogP contribution in [0.15, 0.2) is 0 Å². The summed E-state index contributed by atoms with van der Waals surface area (Å²) in [6.45, 7) is 5.31. The minimum Gasteiger partial charge on any atom is -0.822 e. The molecule has 0 aromatic rings. The summed E-state index contributed by atoms with van der Waals surface area (Å²) < 4.78 is 8.55. The fraction of sp³-hybridized carbons (Fsp3) is 1.00. The van der Waals surface area contributed by atoms with Crippen molar-refractivity contribution in [2.75, 3.05) is 13.2 Å². The minimum absolute atomic E-state index is 0. The van der Waals surface area contributed by atoms with Crippen LogP contribution in [0.2, 0.25) is 0 Å². The third-order valence-electron chi connectivity index (χ3n) is 7.52. The van der Waals surface area contributed by atoms with Gasteiger partial charge in [-0.1, -0.05) is 194 Å². The minimum atomic E-state index is -5.39. The van der Waals surface area contributed by atoms with Crippen LogP contribution in [0.4, 0.5) is 0 Å². The third-order valence-corrected chi connectivity index (χ3v) is 7.52. The van der Waals surface area contributed by atoms with Crippen LogP contribution in [0, 0.1) is 0 Å². The molecular formula is C34H72Na3O6P. The first-order valence-corrected chi connectivity index (χ1v) is 19.2. The van der Waals surface area contributed by atoms with Gasteiger partial charge in [-0.3, -0.25) is 0 Å². The van der Waals surface area contributed by atoms with Crippen molar-refractivity contribution in [3.8, 4) is 0 Å². The van der Waals surface area contributed by atoms with Gasteiger partial charge in [-0.25, -0.2) is 0 Å². The van der Waals surface area contributed by atoms with Crippen LogP contribution >= 0.6 is 7.82 Å². The summed E-state index contributed by atoms with van der Waals surface area (Å²) in [6.07, 6.45) is 41.4. The van der Waals surface area contributed by atoms with Crippen LogP contribution in [0.3, 0.4) is 0 Å². The van der Waals surface area contributed by atoms with Gasteiger partial charge in [0.25, 0.3) is 0 Å². The Labute approximate surface area is 342 Å². The van der Waals surface area contributed by atoms with Crippen LogP contribution in [0.5, 0.6) is 0 Å². The zero-order valence-corrected chi connectivity index (χ0v) is 37.5. The summed E-state index contributed by atoms with van der Waals surface area (Å²) in [5.41, 5.74) is 0. The first-order valence-electron chi connectivity index (χ1n) is 17.8. The Morgan fingerprint density at radius 1 is 0.341 bits per heavy atom. The zero-order valence-electron chi connectivity index (χ0n) is 30.6. The number of hydrogen-bond acceptors (Lipinski definition) is 6. The quantitative estimate of drug-likeness (QED) is 0.0622. The molecule has 0 fully saturated rings. The van der Waals surface area contributed by atoms with Crippen molar-refractivity contribution >= 4 is 7.82 Å². The Bertz CT molecular complexity index is 450. The second-order valence-corrected chi connectivity index (χ2v) is 12.7. The molecule has 252 valence electrons. The van der Waals surface area contributed by atoms with Gasteiger partial charge in [0.05, 0.1) is 0 Å². The molecule has 44 heavy (non-hydrogen) atoms. The molecule has 2 N–H and O–H groups in total. The number of hydrogen-bond donors (Lipinski definition) is 2. The average Bonchev–Trinajstić information content (AvgIpc) is 2.93. The molecule has 0 aromatic carbocycles. The van der Waals surface area contributed by atoms with Gasteiger partial charge in [-0.2, -0.15) is 7.82 Å². The predicted octanol–water partition coefficient (Wildman–Crippen LogP) is -0.112. The molecule has 6 nitrogen and oxygen atoms in total. The van der Waals surface area contributed by atoms with Gasteiger partial charge in [0.1, 0.15) is 0 Å². The number of aliphatic hydroxyl groups is 2. The Morgan fingerprint density at radius 2 is 0.455 bits per heavy atom. The maximum atomic E-state index is 8.67. The molecule has 0 rings (SSSR count). The molecule has 0 saturated carbocycles. The average molecular weight is 677 g/mol. The van der Waals surface area contributed by atoms with E-state index in [-0.39, 0.29) is 88.7 Å². The van der Waals surface area contributed by atoms with Crippen molar-refractivity contribution in [1.29, 1.82) is 0 Å². The molecule has 0 aromatic heterocycles. The van der Waals surface area contributed by atoms with Crippen molar-refractivity contribution in [2.24, 2.45) is 0 Å². The fourth-order valence-electron chi connectivity index (χ4n) is 4.97. The summed E-state index contributed by atoms with van der Waals surface area (Å²) >= 11 is 0. The molecule has 0 saturated heterocycles.